The van der Waals surface area contributed by atoms with Crippen LogP contribution in [0.5, 0.6) is 0 Å². The first-order valence-corrected chi connectivity index (χ1v) is 3.86. The van der Waals surface area contributed by atoms with Crippen molar-refractivity contribution in [3.8, 4) is 0 Å². The van der Waals surface area contributed by atoms with E-state index in [-0.39, 0.29) is 6.10 Å². The van der Waals surface area contributed by atoms with Crippen molar-refractivity contribution in [3.05, 3.63) is 12.3 Å². The van der Waals surface area contributed by atoms with Crippen molar-refractivity contribution in [1.29, 1.82) is 0 Å². The SMILES string of the molecule is CCC(O)CN/C=C/C(=O)OC. The van der Waals surface area contributed by atoms with E-state index in [1.54, 1.807) is 0 Å². The minimum atomic E-state index is -0.409. The fourth-order valence-electron chi connectivity index (χ4n) is 0.543. The zero-order valence-corrected chi connectivity index (χ0v) is 7.41. The summed E-state index contributed by atoms with van der Waals surface area (Å²) in [5, 5.41) is 11.8. The van der Waals surface area contributed by atoms with Gasteiger partial charge in [-0.15, -0.1) is 0 Å². The molecule has 4 nitrogen and oxygen atoms in total. The molecule has 0 bridgehead atoms. The third-order valence-corrected chi connectivity index (χ3v) is 1.36. The number of carbonyl (C=O) groups excluding carboxylic acids is 1. The maximum absolute atomic E-state index is 10.5. The maximum Gasteiger partial charge on any atom is 0.331 e. The minimum absolute atomic E-state index is 0.368. The van der Waals surface area contributed by atoms with Crippen molar-refractivity contribution in [3.63, 3.8) is 0 Å². The Kier molecular flexibility index (Phi) is 6.09. The number of aliphatic hydroxyl groups excluding tert-OH is 1. The van der Waals surface area contributed by atoms with Gasteiger partial charge in [-0.05, 0) is 6.42 Å². The molecule has 1 unspecified atom stereocenters. The molecule has 0 spiro atoms. The van der Waals surface area contributed by atoms with Gasteiger partial charge in [0.1, 0.15) is 0 Å². The Hall–Kier alpha value is -1.03. The predicted molar refractivity (Wildman–Crippen MR) is 45.5 cm³/mol. The Bertz CT molecular complexity index is 156. The molecular weight excluding hydrogens is 158 g/mol. The zero-order chi connectivity index (χ0) is 9.40. The van der Waals surface area contributed by atoms with E-state index < -0.39 is 5.97 Å². The second kappa shape index (κ2) is 6.67. The van der Waals surface area contributed by atoms with Gasteiger partial charge in [0, 0.05) is 18.8 Å². The minimum Gasteiger partial charge on any atom is -0.466 e. The smallest absolute Gasteiger partial charge is 0.331 e. The molecule has 0 aromatic rings. The van der Waals surface area contributed by atoms with E-state index in [9.17, 15) is 4.79 Å². The molecule has 0 aromatic heterocycles. The van der Waals surface area contributed by atoms with Crippen LogP contribution in [0.4, 0.5) is 0 Å². The number of hydrogen-bond acceptors (Lipinski definition) is 4. The Morgan fingerprint density at radius 1 is 1.75 bits per heavy atom. The number of nitrogens with one attached hydrogen (secondary N) is 1. The molecule has 0 amide bonds. The van der Waals surface area contributed by atoms with Gasteiger partial charge in [-0.3, -0.25) is 0 Å². The van der Waals surface area contributed by atoms with Crippen LogP contribution >= 0.6 is 0 Å². The second-order valence-corrected chi connectivity index (χ2v) is 2.33. The molecule has 2 N–H and O–H groups in total. The maximum atomic E-state index is 10.5. The summed E-state index contributed by atoms with van der Waals surface area (Å²) >= 11 is 0. The molecule has 0 aromatic carbocycles. The molecule has 0 aliphatic carbocycles. The van der Waals surface area contributed by atoms with Gasteiger partial charge in [0.2, 0.25) is 0 Å². The number of hydrogen-bond donors (Lipinski definition) is 2. The van der Waals surface area contributed by atoms with Crippen LogP contribution in [0.1, 0.15) is 13.3 Å². The summed E-state index contributed by atoms with van der Waals surface area (Å²) in [6.07, 6.45) is 3.05. The summed E-state index contributed by atoms with van der Waals surface area (Å²) < 4.78 is 4.36. The lowest BCUT2D eigenvalue weighted by molar-refractivity contribution is -0.134. The first-order valence-electron chi connectivity index (χ1n) is 3.86. The van der Waals surface area contributed by atoms with Crippen LogP contribution in [0.15, 0.2) is 12.3 Å². The highest BCUT2D eigenvalue weighted by atomic mass is 16.5. The number of carbonyl (C=O) groups is 1. The van der Waals surface area contributed by atoms with Crippen LogP contribution in [0.2, 0.25) is 0 Å². The summed E-state index contributed by atoms with van der Waals surface area (Å²) in [7, 11) is 1.31. The molecule has 70 valence electrons. The van der Waals surface area contributed by atoms with E-state index in [1.165, 1.54) is 19.4 Å². The molecule has 0 saturated carbocycles. The van der Waals surface area contributed by atoms with Crippen molar-refractivity contribution < 1.29 is 14.6 Å². The summed E-state index contributed by atoms with van der Waals surface area (Å²) in [5.41, 5.74) is 0. The van der Waals surface area contributed by atoms with Crippen molar-refractivity contribution in [2.75, 3.05) is 13.7 Å². The Labute approximate surface area is 72.2 Å². The van der Waals surface area contributed by atoms with Crippen molar-refractivity contribution in [2.45, 2.75) is 19.4 Å². The average molecular weight is 173 g/mol. The summed E-state index contributed by atoms with van der Waals surface area (Å²) in [4.78, 5) is 10.5. The molecule has 4 heteroatoms. The van der Waals surface area contributed by atoms with E-state index in [0.717, 1.165) is 0 Å². The molecule has 1 atom stereocenters. The molecule has 0 radical (unpaired) electrons. The summed E-state index contributed by atoms with van der Waals surface area (Å²) in [6, 6.07) is 0. The highest BCUT2D eigenvalue weighted by Gasteiger charge is 1.96. The Morgan fingerprint density at radius 3 is 2.92 bits per heavy atom. The molecule has 0 heterocycles. The van der Waals surface area contributed by atoms with Crippen LogP contribution < -0.4 is 5.32 Å². The highest BCUT2D eigenvalue weighted by Crippen LogP contribution is 1.85. The lowest BCUT2D eigenvalue weighted by atomic mass is 10.3. The zero-order valence-electron chi connectivity index (χ0n) is 7.41. The standard InChI is InChI=1S/C8H15NO3/c1-3-7(10)6-9-5-4-8(11)12-2/h4-5,7,9-10H,3,6H2,1-2H3/b5-4+. The molecule has 12 heavy (non-hydrogen) atoms. The van der Waals surface area contributed by atoms with E-state index in [1.807, 2.05) is 6.92 Å². The second-order valence-electron chi connectivity index (χ2n) is 2.33. The molecule has 0 saturated heterocycles. The van der Waals surface area contributed by atoms with Gasteiger partial charge in [-0.2, -0.15) is 0 Å². The third-order valence-electron chi connectivity index (χ3n) is 1.36. The average Bonchev–Trinajstić information content (AvgIpc) is 2.11. The highest BCUT2D eigenvalue weighted by molar-refractivity contribution is 5.81. The molecular formula is C8H15NO3. The van der Waals surface area contributed by atoms with Gasteiger partial charge in [0.15, 0.2) is 0 Å². The van der Waals surface area contributed by atoms with Crippen molar-refractivity contribution in [1.82, 2.24) is 5.32 Å². The largest absolute Gasteiger partial charge is 0.466 e. The Balaban J connectivity index is 3.42. The van der Waals surface area contributed by atoms with Crippen LogP contribution in [-0.2, 0) is 9.53 Å². The number of methoxy groups -OCH3 is 1. The van der Waals surface area contributed by atoms with E-state index in [0.29, 0.717) is 13.0 Å². The quantitative estimate of drug-likeness (QED) is 0.455. The topological polar surface area (TPSA) is 58.6 Å². The number of esters is 1. The summed E-state index contributed by atoms with van der Waals surface area (Å²) in [6.45, 7) is 2.33. The van der Waals surface area contributed by atoms with Crippen LogP contribution in [0.25, 0.3) is 0 Å². The normalized spacial score (nSPS) is 12.9. The van der Waals surface area contributed by atoms with Gasteiger partial charge < -0.3 is 15.2 Å². The number of rotatable bonds is 5. The van der Waals surface area contributed by atoms with E-state index in [2.05, 4.69) is 10.1 Å². The first kappa shape index (κ1) is 11.0. The fraction of sp³-hybridized carbons (Fsp3) is 0.625. The molecule has 0 rings (SSSR count). The van der Waals surface area contributed by atoms with Gasteiger partial charge in [0.25, 0.3) is 0 Å². The third kappa shape index (κ3) is 5.73. The predicted octanol–water partition coefficient (Wildman–Crippen LogP) is 0.0336. The Morgan fingerprint density at radius 2 is 2.42 bits per heavy atom. The monoisotopic (exact) mass is 173 g/mol. The van der Waals surface area contributed by atoms with Gasteiger partial charge in [0.05, 0.1) is 13.2 Å². The number of ether oxygens (including phenoxy) is 1. The lowest BCUT2D eigenvalue weighted by Gasteiger charge is -2.05. The first-order chi connectivity index (χ1) is 5.70. The molecule has 0 fully saturated rings. The molecule has 0 aliphatic heterocycles. The summed E-state index contributed by atoms with van der Waals surface area (Å²) in [5.74, 6) is -0.409. The van der Waals surface area contributed by atoms with Gasteiger partial charge >= 0.3 is 5.97 Å². The van der Waals surface area contributed by atoms with Crippen LogP contribution in [0.3, 0.4) is 0 Å². The fourth-order valence-corrected chi connectivity index (χ4v) is 0.543. The van der Waals surface area contributed by atoms with E-state index in [4.69, 9.17) is 5.11 Å². The van der Waals surface area contributed by atoms with Crippen molar-refractivity contribution in [2.24, 2.45) is 0 Å². The van der Waals surface area contributed by atoms with Gasteiger partial charge in [-0.1, -0.05) is 6.92 Å². The number of aliphatic hydroxyl groups is 1. The van der Waals surface area contributed by atoms with E-state index >= 15 is 0 Å². The van der Waals surface area contributed by atoms with Crippen LogP contribution in [-0.4, -0.2) is 30.8 Å². The van der Waals surface area contributed by atoms with Crippen LogP contribution in [0, 0.1) is 0 Å². The molecule has 0 aliphatic rings. The van der Waals surface area contributed by atoms with Crippen molar-refractivity contribution >= 4 is 5.97 Å². The van der Waals surface area contributed by atoms with Gasteiger partial charge in [-0.25, -0.2) is 4.79 Å². The lowest BCUT2D eigenvalue weighted by Crippen LogP contribution is -2.21.